The molecule has 0 bridgehead atoms. The van der Waals surface area contributed by atoms with E-state index in [1.165, 1.54) is 0 Å². The van der Waals surface area contributed by atoms with E-state index in [1.807, 2.05) is 13.8 Å². The molecule has 2 atom stereocenters. The van der Waals surface area contributed by atoms with Gasteiger partial charge in [0, 0.05) is 37.2 Å². The van der Waals surface area contributed by atoms with Gasteiger partial charge in [0.2, 0.25) is 0 Å². The summed E-state index contributed by atoms with van der Waals surface area (Å²) in [6.07, 6.45) is 0.771. The Bertz CT molecular complexity index is 599. The van der Waals surface area contributed by atoms with Crippen LogP contribution in [0.5, 0.6) is 0 Å². The first-order chi connectivity index (χ1) is 11.4. The van der Waals surface area contributed by atoms with Crippen LogP contribution < -0.4 is 5.32 Å². The third kappa shape index (κ3) is 3.48. The fourth-order valence-corrected chi connectivity index (χ4v) is 3.55. The molecule has 2 N–H and O–H groups in total. The van der Waals surface area contributed by atoms with E-state index in [2.05, 4.69) is 34.3 Å². The Balaban J connectivity index is 1.58. The highest BCUT2D eigenvalue weighted by Gasteiger charge is 2.31. The Hall–Kier alpha value is -1.44. The first kappa shape index (κ1) is 17.4. The number of fused-ring (bicyclic) bond motifs is 1. The summed E-state index contributed by atoms with van der Waals surface area (Å²) in [7, 11) is 0. The van der Waals surface area contributed by atoms with Crippen LogP contribution in [0.4, 0.5) is 0 Å². The lowest BCUT2D eigenvalue weighted by Gasteiger charge is -2.42. The predicted molar refractivity (Wildman–Crippen MR) is 90.1 cm³/mol. The van der Waals surface area contributed by atoms with Crippen molar-refractivity contribution in [3.05, 3.63) is 17.0 Å². The van der Waals surface area contributed by atoms with E-state index < -0.39 is 0 Å². The quantitative estimate of drug-likeness (QED) is 0.866. The Morgan fingerprint density at radius 2 is 2.25 bits per heavy atom. The Morgan fingerprint density at radius 1 is 1.46 bits per heavy atom. The summed E-state index contributed by atoms with van der Waals surface area (Å²) in [4.78, 5) is 14.9. The summed E-state index contributed by atoms with van der Waals surface area (Å²) in [5.74, 6) is -0.111. The van der Waals surface area contributed by atoms with E-state index in [0.29, 0.717) is 12.2 Å². The molecule has 0 spiro atoms. The number of H-pyrrole nitrogens is 1. The van der Waals surface area contributed by atoms with Crippen LogP contribution in [-0.2, 0) is 15.9 Å². The zero-order chi connectivity index (χ0) is 17.3. The van der Waals surface area contributed by atoms with E-state index in [9.17, 15) is 4.79 Å². The molecule has 1 aromatic rings. The molecule has 2 aliphatic heterocycles. The van der Waals surface area contributed by atoms with Crippen LogP contribution in [0, 0.1) is 0 Å². The Morgan fingerprint density at radius 3 is 3.00 bits per heavy atom. The second-order valence-electron chi connectivity index (χ2n) is 7.37. The molecule has 3 heterocycles. The van der Waals surface area contributed by atoms with Gasteiger partial charge >= 0.3 is 0 Å². The SMILES string of the molecule is C[C@@H]1Cc2c(C(=O)NCCN3CCOCC3(C)C)n[nH]c2[C@H](C)O1. The van der Waals surface area contributed by atoms with E-state index in [1.54, 1.807) is 0 Å². The summed E-state index contributed by atoms with van der Waals surface area (Å²) in [6, 6.07) is 0. The fourth-order valence-electron chi connectivity index (χ4n) is 3.55. The van der Waals surface area contributed by atoms with Crippen LogP contribution >= 0.6 is 0 Å². The van der Waals surface area contributed by atoms with Crippen molar-refractivity contribution in [1.29, 1.82) is 0 Å². The third-order valence-electron chi connectivity index (χ3n) is 4.93. The molecular weight excluding hydrogens is 308 g/mol. The van der Waals surface area contributed by atoms with Crippen molar-refractivity contribution in [3.63, 3.8) is 0 Å². The molecule has 7 heteroatoms. The van der Waals surface area contributed by atoms with Gasteiger partial charge in [0.15, 0.2) is 5.69 Å². The van der Waals surface area contributed by atoms with Crippen LogP contribution in [0.1, 0.15) is 55.5 Å². The maximum Gasteiger partial charge on any atom is 0.272 e. The van der Waals surface area contributed by atoms with Crippen LogP contribution in [0.2, 0.25) is 0 Å². The lowest BCUT2D eigenvalue weighted by atomic mass is 9.99. The van der Waals surface area contributed by atoms with E-state index in [0.717, 1.165) is 44.0 Å². The van der Waals surface area contributed by atoms with Gasteiger partial charge in [-0.2, -0.15) is 5.10 Å². The van der Waals surface area contributed by atoms with Gasteiger partial charge in [-0.15, -0.1) is 0 Å². The highest BCUT2D eigenvalue weighted by molar-refractivity contribution is 5.94. The Labute approximate surface area is 143 Å². The monoisotopic (exact) mass is 336 g/mol. The summed E-state index contributed by atoms with van der Waals surface area (Å²) in [5, 5.41) is 10.2. The van der Waals surface area contributed by atoms with Crippen LogP contribution in [-0.4, -0.2) is 65.5 Å². The predicted octanol–water partition coefficient (Wildman–Crippen LogP) is 1.27. The molecule has 1 amide bonds. The molecule has 134 valence electrons. The van der Waals surface area contributed by atoms with Gasteiger partial charge in [-0.25, -0.2) is 0 Å². The van der Waals surface area contributed by atoms with Crippen molar-refractivity contribution >= 4 is 5.91 Å². The third-order valence-corrected chi connectivity index (χ3v) is 4.93. The molecule has 0 unspecified atom stereocenters. The zero-order valence-electron chi connectivity index (χ0n) is 15.0. The lowest BCUT2D eigenvalue weighted by molar-refractivity contribution is -0.0498. The molecule has 1 aromatic heterocycles. The van der Waals surface area contributed by atoms with Crippen LogP contribution in [0.15, 0.2) is 0 Å². The minimum absolute atomic E-state index is 0.0106. The van der Waals surface area contributed by atoms with Crippen molar-refractivity contribution < 1.29 is 14.3 Å². The van der Waals surface area contributed by atoms with E-state index >= 15 is 0 Å². The first-order valence-corrected chi connectivity index (χ1v) is 8.72. The van der Waals surface area contributed by atoms with E-state index in [4.69, 9.17) is 9.47 Å². The molecule has 2 aliphatic rings. The number of aromatic nitrogens is 2. The molecule has 3 rings (SSSR count). The molecular formula is C17H28N4O3. The van der Waals surface area contributed by atoms with Gasteiger partial charge in [0.1, 0.15) is 0 Å². The molecule has 7 nitrogen and oxygen atoms in total. The molecule has 0 aromatic carbocycles. The number of hydrogen-bond acceptors (Lipinski definition) is 5. The van der Waals surface area contributed by atoms with Gasteiger partial charge in [-0.1, -0.05) is 0 Å². The van der Waals surface area contributed by atoms with Crippen molar-refractivity contribution in [2.24, 2.45) is 0 Å². The Kier molecular flexibility index (Phi) is 4.94. The minimum atomic E-state index is -0.111. The maximum absolute atomic E-state index is 12.5. The zero-order valence-corrected chi connectivity index (χ0v) is 15.0. The van der Waals surface area contributed by atoms with Crippen molar-refractivity contribution in [2.75, 3.05) is 32.8 Å². The van der Waals surface area contributed by atoms with Crippen molar-refractivity contribution in [2.45, 2.75) is 51.9 Å². The molecule has 1 fully saturated rings. The topological polar surface area (TPSA) is 79.5 Å². The van der Waals surface area contributed by atoms with Crippen molar-refractivity contribution in [1.82, 2.24) is 20.4 Å². The largest absolute Gasteiger partial charge is 0.378 e. The number of nitrogens with one attached hydrogen (secondary N) is 2. The summed E-state index contributed by atoms with van der Waals surface area (Å²) in [6.45, 7) is 12.1. The normalized spacial score (nSPS) is 26.8. The second kappa shape index (κ2) is 6.82. The van der Waals surface area contributed by atoms with Gasteiger partial charge in [-0.05, 0) is 27.7 Å². The smallest absolute Gasteiger partial charge is 0.272 e. The number of ether oxygens (including phenoxy) is 2. The van der Waals surface area contributed by atoms with Crippen molar-refractivity contribution in [3.8, 4) is 0 Å². The number of hydrogen-bond donors (Lipinski definition) is 2. The van der Waals surface area contributed by atoms with Crippen LogP contribution in [0.3, 0.4) is 0 Å². The molecule has 0 aliphatic carbocycles. The summed E-state index contributed by atoms with van der Waals surface area (Å²) >= 11 is 0. The van der Waals surface area contributed by atoms with E-state index in [-0.39, 0.29) is 23.7 Å². The fraction of sp³-hybridized carbons (Fsp3) is 0.765. The minimum Gasteiger partial charge on any atom is -0.378 e. The highest BCUT2D eigenvalue weighted by atomic mass is 16.5. The summed E-state index contributed by atoms with van der Waals surface area (Å²) < 4.78 is 11.3. The van der Waals surface area contributed by atoms with Gasteiger partial charge in [0.25, 0.3) is 5.91 Å². The number of morpholine rings is 1. The number of carbonyl (C=O) groups excluding carboxylic acids is 1. The number of nitrogens with zero attached hydrogens (tertiary/aromatic N) is 2. The second-order valence-corrected chi connectivity index (χ2v) is 7.37. The molecule has 1 saturated heterocycles. The van der Waals surface area contributed by atoms with Gasteiger partial charge < -0.3 is 14.8 Å². The summed E-state index contributed by atoms with van der Waals surface area (Å²) in [5.41, 5.74) is 2.43. The number of rotatable bonds is 4. The number of amides is 1. The molecule has 0 saturated carbocycles. The number of carbonyl (C=O) groups is 1. The number of aromatic amines is 1. The lowest BCUT2D eigenvalue weighted by Crippen LogP contribution is -2.54. The highest BCUT2D eigenvalue weighted by Crippen LogP contribution is 2.30. The average Bonchev–Trinajstić information content (AvgIpc) is 2.92. The maximum atomic E-state index is 12.5. The van der Waals surface area contributed by atoms with Gasteiger partial charge in [0.05, 0.1) is 31.1 Å². The van der Waals surface area contributed by atoms with Crippen LogP contribution in [0.25, 0.3) is 0 Å². The standard InChI is InChI=1S/C17H28N4O3/c1-11-9-13-14(12(2)24-11)19-20-15(13)16(22)18-5-6-21-7-8-23-10-17(21,3)4/h11-12H,5-10H2,1-4H3,(H,18,22)(H,19,20)/t11-,12+/m1/s1. The average molecular weight is 336 g/mol. The molecule has 0 radical (unpaired) electrons. The molecule has 24 heavy (non-hydrogen) atoms. The van der Waals surface area contributed by atoms with Gasteiger partial charge in [-0.3, -0.25) is 14.8 Å². The first-order valence-electron chi connectivity index (χ1n) is 8.72.